The molecule has 14 heavy (non-hydrogen) atoms. The zero-order chi connectivity index (χ0) is 11.1. The third kappa shape index (κ3) is 4.52. The van der Waals surface area contributed by atoms with Crippen LogP contribution in [0, 0.1) is 0 Å². The summed E-state index contributed by atoms with van der Waals surface area (Å²) in [5.74, 6) is -0.280. The number of ether oxygens (including phenoxy) is 1. The van der Waals surface area contributed by atoms with Crippen molar-refractivity contribution in [3.8, 4) is 0 Å². The number of aliphatic hydroxyl groups excluding tert-OH is 3. The maximum Gasteiger partial charge on any atom is 0.216 e. The Bertz CT molecular complexity index is 175. The van der Waals surface area contributed by atoms with Gasteiger partial charge in [0.15, 0.2) is 0 Å². The first-order chi connectivity index (χ1) is 6.52. The lowest BCUT2D eigenvalue weighted by molar-refractivity contribution is -0.121. The van der Waals surface area contributed by atoms with Crippen LogP contribution < -0.4 is 5.32 Å². The number of nitrogens with one attached hydrogen (secondary N) is 1. The second-order valence-electron chi connectivity index (χ2n) is 2.95. The average Bonchev–Trinajstić information content (AvgIpc) is 2.15. The van der Waals surface area contributed by atoms with Gasteiger partial charge >= 0.3 is 0 Å². The Morgan fingerprint density at radius 2 is 2.00 bits per heavy atom. The Hall–Kier alpha value is -0.690. The molecule has 0 aromatic heterocycles. The van der Waals surface area contributed by atoms with Gasteiger partial charge in [-0.05, 0) is 0 Å². The van der Waals surface area contributed by atoms with E-state index in [4.69, 9.17) is 9.84 Å². The monoisotopic (exact) mass is 207 g/mol. The second-order valence-corrected chi connectivity index (χ2v) is 2.95. The van der Waals surface area contributed by atoms with E-state index in [0.29, 0.717) is 0 Å². The van der Waals surface area contributed by atoms with Crippen LogP contribution in [0.2, 0.25) is 0 Å². The van der Waals surface area contributed by atoms with E-state index in [2.05, 4.69) is 5.32 Å². The van der Waals surface area contributed by atoms with E-state index in [1.54, 1.807) is 0 Å². The highest BCUT2D eigenvalue weighted by atomic mass is 16.5. The summed E-state index contributed by atoms with van der Waals surface area (Å²) in [6.45, 7) is 0.789. The lowest BCUT2D eigenvalue weighted by atomic mass is 10.1. The van der Waals surface area contributed by atoms with Gasteiger partial charge in [-0.25, -0.2) is 0 Å². The summed E-state index contributed by atoms with van der Waals surface area (Å²) >= 11 is 0. The van der Waals surface area contributed by atoms with Crippen LogP contribution >= 0.6 is 0 Å². The quantitative estimate of drug-likeness (QED) is 0.398. The molecule has 0 fully saturated rings. The Labute approximate surface area is 82.5 Å². The highest BCUT2D eigenvalue weighted by Gasteiger charge is 2.26. The highest BCUT2D eigenvalue weighted by Crippen LogP contribution is 2.03. The number of hydrogen-bond acceptors (Lipinski definition) is 5. The lowest BCUT2D eigenvalue weighted by Crippen LogP contribution is -2.46. The van der Waals surface area contributed by atoms with E-state index in [-0.39, 0.29) is 12.5 Å². The van der Waals surface area contributed by atoms with Crippen LogP contribution in [0.4, 0.5) is 0 Å². The molecule has 6 nitrogen and oxygen atoms in total. The summed E-state index contributed by atoms with van der Waals surface area (Å²) in [6, 6.07) is 0. The first kappa shape index (κ1) is 13.3. The van der Waals surface area contributed by atoms with Crippen molar-refractivity contribution in [2.24, 2.45) is 0 Å². The molecule has 0 rings (SSSR count). The van der Waals surface area contributed by atoms with Crippen LogP contribution in [0.3, 0.4) is 0 Å². The first-order valence-corrected chi connectivity index (χ1v) is 4.27. The number of aliphatic hydroxyl groups is 3. The van der Waals surface area contributed by atoms with Crippen molar-refractivity contribution >= 4 is 5.91 Å². The molecule has 0 aliphatic rings. The minimum absolute atomic E-state index is 0.0229. The molecular weight excluding hydrogens is 190 g/mol. The van der Waals surface area contributed by atoms with Crippen LogP contribution in [-0.4, -0.2) is 59.8 Å². The molecule has 2 unspecified atom stereocenters. The molecule has 6 heteroatoms. The Balaban J connectivity index is 4.03. The summed E-state index contributed by atoms with van der Waals surface area (Å²) < 4.78 is 4.79. The fourth-order valence-corrected chi connectivity index (χ4v) is 1.04. The summed E-state index contributed by atoms with van der Waals surface area (Å²) in [5, 5.41) is 29.7. The van der Waals surface area contributed by atoms with Gasteiger partial charge in [0.2, 0.25) is 5.91 Å². The molecule has 3 atom stereocenters. The number of methoxy groups -OCH3 is 1. The molecule has 0 aromatic rings. The lowest BCUT2D eigenvalue weighted by Gasteiger charge is -2.25. The van der Waals surface area contributed by atoms with E-state index in [1.807, 2.05) is 0 Å². The molecule has 0 saturated carbocycles. The molecule has 0 saturated heterocycles. The van der Waals surface area contributed by atoms with E-state index in [0.717, 1.165) is 0 Å². The minimum Gasteiger partial charge on any atom is -0.394 e. The number of rotatable bonds is 6. The van der Waals surface area contributed by atoms with Crippen molar-refractivity contribution < 1.29 is 24.9 Å². The molecule has 0 radical (unpaired) electrons. The predicted octanol–water partition coefficient (Wildman–Crippen LogP) is -2.15. The Morgan fingerprint density at radius 1 is 1.43 bits per heavy atom. The van der Waals surface area contributed by atoms with Crippen molar-refractivity contribution in [2.45, 2.75) is 25.2 Å². The molecule has 0 aliphatic heterocycles. The summed E-state index contributed by atoms with van der Waals surface area (Å²) in [7, 11) is 1.31. The van der Waals surface area contributed by atoms with Crippen LogP contribution in [0.5, 0.6) is 0 Å². The van der Waals surface area contributed by atoms with Crippen LogP contribution in [0.25, 0.3) is 0 Å². The van der Waals surface area contributed by atoms with Gasteiger partial charge in [0.25, 0.3) is 0 Å². The fraction of sp³-hybridized carbons (Fsp3) is 0.875. The molecule has 0 heterocycles. The van der Waals surface area contributed by atoms with Crippen molar-refractivity contribution in [2.75, 3.05) is 20.3 Å². The SMILES string of the molecule is CO[C@H](C(O)CO)C(O)CNC(C)=O. The predicted molar refractivity (Wildman–Crippen MR) is 48.6 cm³/mol. The van der Waals surface area contributed by atoms with Gasteiger partial charge < -0.3 is 25.4 Å². The van der Waals surface area contributed by atoms with Crippen LogP contribution in [-0.2, 0) is 9.53 Å². The van der Waals surface area contributed by atoms with E-state index in [1.165, 1.54) is 14.0 Å². The normalized spacial score (nSPS) is 17.2. The van der Waals surface area contributed by atoms with Crippen LogP contribution in [0.15, 0.2) is 0 Å². The molecule has 0 aromatic carbocycles. The standard InChI is InChI=1S/C8H17NO5/c1-5(11)9-3-6(12)8(14-2)7(13)4-10/h6-8,10,12-13H,3-4H2,1-2H3,(H,9,11)/t6?,7?,8-/m0/s1. The van der Waals surface area contributed by atoms with Gasteiger partial charge in [0.1, 0.15) is 18.3 Å². The van der Waals surface area contributed by atoms with E-state index >= 15 is 0 Å². The largest absolute Gasteiger partial charge is 0.394 e. The highest BCUT2D eigenvalue weighted by molar-refractivity contribution is 5.72. The summed E-state index contributed by atoms with van der Waals surface area (Å²) in [6.07, 6.45) is -3.12. The number of carbonyl (C=O) groups is 1. The smallest absolute Gasteiger partial charge is 0.216 e. The molecule has 4 N–H and O–H groups in total. The molecule has 0 bridgehead atoms. The zero-order valence-electron chi connectivity index (χ0n) is 8.30. The zero-order valence-corrected chi connectivity index (χ0v) is 8.30. The first-order valence-electron chi connectivity index (χ1n) is 4.27. The second kappa shape index (κ2) is 6.72. The minimum atomic E-state index is -1.16. The van der Waals surface area contributed by atoms with E-state index in [9.17, 15) is 15.0 Å². The molecule has 84 valence electrons. The van der Waals surface area contributed by atoms with Gasteiger partial charge in [-0.2, -0.15) is 0 Å². The number of carbonyl (C=O) groups excluding carboxylic acids is 1. The Kier molecular flexibility index (Phi) is 6.39. The maximum absolute atomic E-state index is 10.5. The number of amides is 1. The van der Waals surface area contributed by atoms with Gasteiger partial charge in [-0.15, -0.1) is 0 Å². The topological polar surface area (TPSA) is 99.0 Å². The van der Waals surface area contributed by atoms with Gasteiger partial charge in [-0.3, -0.25) is 4.79 Å². The van der Waals surface area contributed by atoms with Gasteiger partial charge in [0.05, 0.1) is 6.61 Å². The molecular formula is C8H17NO5. The Morgan fingerprint density at radius 3 is 2.36 bits per heavy atom. The van der Waals surface area contributed by atoms with Crippen molar-refractivity contribution in [3.63, 3.8) is 0 Å². The maximum atomic E-state index is 10.5. The van der Waals surface area contributed by atoms with E-state index < -0.39 is 24.9 Å². The summed E-state index contributed by atoms with van der Waals surface area (Å²) in [5.41, 5.74) is 0. The van der Waals surface area contributed by atoms with Crippen molar-refractivity contribution in [1.82, 2.24) is 5.32 Å². The third-order valence-corrected chi connectivity index (χ3v) is 1.78. The molecule has 0 spiro atoms. The van der Waals surface area contributed by atoms with Gasteiger partial charge in [-0.1, -0.05) is 0 Å². The van der Waals surface area contributed by atoms with Crippen LogP contribution in [0.1, 0.15) is 6.92 Å². The van der Waals surface area contributed by atoms with Gasteiger partial charge in [0, 0.05) is 20.6 Å². The van der Waals surface area contributed by atoms with Crippen molar-refractivity contribution in [3.05, 3.63) is 0 Å². The molecule has 1 amide bonds. The summed E-state index contributed by atoms with van der Waals surface area (Å²) in [4.78, 5) is 10.5. The average molecular weight is 207 g/mol. The number of hydrogen-bond donors (Lipinski definition) is 4. The fourth-order valence-electron chi connectivity index (χ4n) is 1.04. The van der Waals surface area contributed by atoms with Crippen molar-refractivity contribution in [1.29, 1.82) is 0 Å². The molecule has 0 aliphatic carbocycles. The third-order valence-electron chi connectivity index (χ3n) is 1.78.